The third-order valence-corrected chi connectivity index (χ3v) is 4.04. The number of hydrogen-bond acceptors (Lipinski definition) is 5. The van der Waals surface area contributed by atoms with Gasteiger partial charge < -0.3 is 24.4 Å². The normalized spacial score (nSPS) is 13.4. The van der Waals surface area contributed by atoms with E-state index in [0.717, 1.165) is 22.4 Å². The van der Waals surface area contributed by atoms with Crippen LogP contribution in [0, 0.1) is 6.92 Å². The van der Waals surface area contributed by atoms with Crippen molar-refractivity contribution >= 4 is 0 Å². The first-order chi connectivity index (χ1) is 12.1. The smallest absolute Gasteiger partial charge is 0.118 e. The van der Waals surface area contributed by atoms with Gasteiger partial charge in [-0.15, -0.1) is 0 Å². The molecule has 0 unspecified atom stereocenters. The van der Waals surface area contributed by atoms with Gasteiger partial charge in [-0.2, -0.15) is 0 Å². The third kappa shape index (κ3) is 6.14. The van der Waals surface area contributed by atoms with Crippen molar-refractivity contribution in [1.29, 1.82) is 0 Å². The number of rotatable bonds is 10. The number of hydrogen-bond donors (Lipinski definition) is 2. The number of benzene rings is 2. The summed E-state index contributed by atoms with van der Waals surface area (Å²) in [4.78, 5) is 0. The van der Waals surface area contributed by atoms with E-state index in [1.807, 2.05) is 55.5 Å². The van der Waals surface area contributed by atoms with Crippen molar-refractivity contribution in [1.82, 2.24) is 0 Å². The lowest BCUT2D eigenvalue weighted by Gasteiger charge is -2.22. The molecule has 2 aromatic carbocycles. The molecule has 0 aliphatic carbocycles. The average Bonchev–Trinajstić information content (AvgIpc) is 2.65. The van der Waals surface area contributed by atoms with Crippen LogP contribution >= 0.6 is 0 Å². The third-order valence-electron chi connectivity index (χ3n) is 4.04. The van der Waals surface area contributed by atoms with E-state index < -0.39 is 12.2 Å². The predicted molar refractivity (Wildman–Crippen MR) is 95.5 cm³/mol. The Morgan fingerprint density at radius 3 is 2.36 bits per heavy atom. The molecule has 0 fully saturated rings. The van der Waals surface area contributed by atoms with Crippen molar-refractivity contribution < 1.29 is 24.4 Å². The fourth-order valence-corrected chi connectivity index (χ4v) is 2.37. The zero-order chi connectivity index (χ0) is 18.1. The van der Waals surface area contributed by atoms with Crippen LogP contribution in [0.25, 0.3) is 0 Å². The van der Waals surface area contributed by atoms with Gasteiger partial charge >= 0.3 is 0 Å². The van der Waals surface area contributed by atoms with E-state index in [1.54, 1.807) is 7.11 Å². The Kier molecular flexibility index (Phi) is 7.88. The molecule has 0 aliphatic heterocycles. The van der Waals surface area contributed by atoms with Gasteiger partial charge in [0.1, 0.15) is 18.0 Å². The first-order valence-electron chi connectivity index (χ1n) is 8.29. The molecule has 2 rings (SSSR count). The van der Waals surface area contributed by atoms with Crippen molar-refractivity contribution in [2.24, 2.45) is 0 Å². The second-order valence-electron chi connectivity index (χ2n) is 5.89. The lowest BCUT2D eigenvalue weighted by molar-refractivity contribution is -0.102. The van der Waals surface area contributed by atoms with E-state index in [4.69, 9.17) is 14.2 Å². The second-order valence-corrected chi connectivity index (χ2v) is 5.89. The van der Waals surface area contributed by atoms with Crippen LogP contribution in [-0.2, 0) is 22.7 Å². The van der Waals surface area contributed by atoms with Gasteiger partial charge in [0, 0.05) is 0 Å². The Morgan fingerprint density at radius 1 is 1.00 bits per heavy atom. The largest absolute Gasteiger partial charge is 0.497 e. The topological polar surface area (TPSA) is 68.2 Å². The van der Waals surface area contributed by atoms with Crippen LogP contribution < -0.4 is 4.74 Å². The molecule has 0 radical (unpaired) electrons. The minimum Gasteiger partial charge on any atom is -0.497 e. The number of aryl methyl sites for hydroxylation is 1. The van der Waals surface area contributed by atoms with E-state index in [1.165, 1.54) is 0 Å². The molecule has 2 N–H and O–H groups in total. The molecule has 5 nitrogen and oxygen atoms in total. The van der Waals surface area contributed by atoms with Crippen LogP contribution in [-0.4, -0.2) is 42.7 Å². The summed E-state index contributed by atoms with van der Waals surface area (Å²) in [6.45, 7) is 2.59. The lowest BCUT2D eigenvalue weighted by atomic mass is 10.1. The second kappa shape index (κ2) is 10.2. The molecule has 2 aromatic rings. The Hall–Kier alpha value is -1.92. The molecule has 0 heterocycles. The van der Waals surface area contributed by atoms with Crippen molar-refractivity contribution in [3.8, 4) is 5.75 Å². The molecular weight excluding hydrogens is 320 g/mol. The van der Waals surface area contributed by atoms with Crippen molar-refractivity contribution in [3.63, 3.8) is 0 Å². The first-order valence-corrected chi connectivity index (χ1v) is 8.29. The van der Waals surface area contributed by atoms with E-state index in [-0.39, 0.29) is 13.2 Å². The van der Waals surface area contributed by atoms with Crippen molar-refractivity contribution in [2.45, 2.75) is 32.3 Å². The first kappa shape index (κ1) is 19.4. The molecule has 5 heteroatoms. The van der Waals surface area contributed by atoms with Gasteiger partial charge in [-0.25, -0.2) is 0 Å². The minimum absolute atomic E-state index is 0.194. The lowest BCUT2D eigenvalue weighted by Crippen LogP contribution is -2.36. The van der Waals surface area contributed by atoms with E-state index in [0.29, 0.717) is 13.2 Å². The Balaban J connectivity index is 1.85. The fourth-order valence-electron chi connectivity index (χ4n) is 2.37. The summed E-state index contributed by atoms with van der Waals surface area (Å²) in [5.74, 6) is 0.791. The summed E-state index contributed by atoms with van der Waals surface area (Å²) in [6, 6.07) is 15.5. The highest BCUT2D eigenvalue weighted by molar-refractivity contribution is 5.26. The SMILES string of the molecule is COc1ccc(COC[C@H](OCc2ccccc2C)[C@H](O)CO)cc1. The van der Waals surface area contributed by atoms with Gasteiger partial charge in [0.05, 0.1) is 33.5 Å². The Labute approximate surface area is 148 Å². The summed E-state index contributed by atoms with van der Waals surface area (Å²) in [5, 5.41) is 19.2. The Bertz CT molecular complexity index is 626. The highest BCUT2D eigenvalue weighted by Crippen LogP contribution is 2.14. The predicted octanol–water partition coefficient (Wildman–Crippen LogP) is 2.46. The summed E-state index contributed by atoms with van der Waals surface area (Å²) in [7, 11) is 1.62. The van der Waals surface area contributed by atoms with Crippen LogP contribution in [0.15, 0.2) is 48.5 Å². The zero-order valence-electron chi connectivity index (χ0n) is 14.7. The molecule has 0 spiro atoms. The molecule has 0 bridgehead atoms. The average molecular weight is 346 g/mol. The van der Waals surface area contributed by atoms with Gasteiger partial charge in [0.2, 0.25) is 0 Å². The Morgan fingerprint density at radius 2 is 1.72 bits per heavy atom. The molecule has 0 amide bonds. The van der Waals surface area contributed by atoms with Gasteiger partial charge in [0.15, 0.2) is 0 Å². The number of aliphatic hydroxyl groups is 2. The monoisotopic (exact) mass is 346 g/mol. The van der Waals surface area contributed by atoms with Crippen LogP contribution in [0.2, 0.25) is 0 Å². The van der Waals surface area contributed by atoms with Crippen LogP contribution in [0.1, 0.15) is 16.7 Å². The summed E-state index contributed by atoms with van der Waals surface area (Å²) in [5.41, 5.74) is 3.17. The maximum atomic E-state index is 9.96. The number of ether oxygens (including phenoxy) is 3. The maximum absolute atomic E-state index is 9.96. The highest BCUT2D eigenvalue weighted by atomic mass is 16.5. The van der Waals surface area contributed by atoms with Gasteiger partial charge in [-0.05, 0) is 35.7 Å². The van der Waals surface area contributed by atoms with Crippen LogP contribution in [0.4, 0.5) is 0 Å². The molecule has 0 saturated carbocycles. The number of methoxy groups -OCH3 is 1. The van der Waals surface area contributed by atoms with E-state index >= 15 is 0 Å². The van der Waals surface area contributed by atoms with E-state index in [2.05, 4.69) is 0 Å². The van der Waals surface area contributed by atoms with E-state index in [9.17, 15) is 10.2 Å². The molecule has 25 heavy (non-hydrogen) atoms. The quantitative estimate of drug-likeness (QED) is 0.692. The fraction of sp³-hybridized carbons (Fsp3) is 0.400. The highest BCUT2D eigenvalue weighted by Gasteiger charge is 2.20. The van der Waals surface area contributed by atoms with Crippen LogP contribution in [0.3, 0.4) is 0 Å². The number of aliphatic hydroxyl groups excluding tert-OH is 2. The molecular formula is C20H26O5. The molecule has 2 atom stereocenters. The van der Waals surface area contributed by atoms with Gasteiger partial charge in [-0.1, -0.05) is 36.4 Å². The molecule has 136 valence electrons. The van der Waals surface area contributed by atoms with Gasteiger partial charge in [-0.3, -0.25) is 0 Å². The summed E-state index contributed by atoms with van der Waals surface area (Å²) < 4.78 is 16.6. The zero-order valence-corrected chi connectivity index (χ0v) is 14.7. The van der Waals surface area contributed by atoms with Crippen LogP contribution in [0.5, 0.6) is 5.75 Å². The van der Waals surface area contributed by atoms with Crippen molar-refractivity contribution in [3.05, 3.63) is 65.2 Å². The van der Waals surface area contributed by atoms with Gasteiger partial charge in [0.25, 0.3) is 0 Å². The molecule has 0 aromatic heterocycles. The summed E-state index contributed by atoms with van der Waals surface area (Å²) in [6.07, 6.45) is -1.58. The minimum atomic E-state index is -0.986. The molecule has 0 saturated heterocycles. The molecule has 0 aliphatic rings. The summed E-state index contributed by atoms with van der Waals surface area (Å²) >= 11 is 0. The van der Waals surface area contributed by atoms with Crippen molar-refractivity contribution in [2.75, 3.05) is 20.3 Å². The standard InChI is InChI=1S/C20H26O5/c1-15-5-3-4-6-17(15)13-25-20(19(22)11-21)14-24-12-16-7-9-18(23-2)10-8-16/h3-10,19-22H,11-14H2,1-2H3/t19-,20+/m1/s1. The maximum Gasteiger partial charge on any atom is 0.118 e.